The number of benzene rings is 1. The Morgan fingerprint density at radius 2 is 1.55 bits per heavy atom. The molecule has 114 valence electrons. The summed E-state index contributed by atoms with van der Waals surface area (Å²) >= 11 is 0. The van der Waals surface area contributed by atoms with Crippen LogP contribution >= 0.6 is 0 Å². The minimum Gasteiger partial charge on any atom is -0.282 e. The van der Waals surface area contributed by atoms with E-state index in [4.69, 9.17) is 9.11 Å². The monoisotopic (exact) mass is 345 g/mol. The molecule has 0 heterocycles. The standard InChI is InChI=1S/C8H11NO8S3/c1-18(10,11)9-5-6-2-3-7(19(12,13)14)4-8(6)20(15,16)17/h2-4,9H,5H2,1H3,(H,12,13,14)(H,15,16,17). The highest BCUT2D eigenvalue weighted by atomic mass is 32.2. The molecule has 0 aliphatic carbocycles. The van der Waals surface area contributed by atoms with Crippen molar-refractivity contribution < 1.29 is 34.4 Å². The van der Waals surface area contributed by atoms with Crippen LogP contribution in [0, 0.1) is 0 Å². The molecule has 0 bridgehead atoms. The molecule has 1 rings (SSSR count). The molecule has 0 saturated carbocycles. The molecule has 12 heteroatoms. The van der Waals surface area contributed by atoms with Gasteiger partial charge in [0.15, 0.2) is 0 Å². The Morgan fingerprint density at radius 3 is 1.95 bits per heavy atom. The number of hydrogen-bond donors (Lipinski definition) is 3. The largest absolute Gasteiger partial charge is 0.294 e. The third-order valence-corrected chi connectivity index (χ3v) is 4.59. The van der Waals surface area contributed by atoms with Gasteiger partial charge in [0, 0.05) is 6.54 Å². The average Bonchev–Trinajstić information content (AvgIpc) is 2.22. The van der Waals surface area contributed by atoms with Crippen LogP contribution in [0.5, 0.6) is 0 Å². The zero-order valence-corrected chi connectivity index (χ0v) is 12.5. The Kier molecular flexibility index (Phi) is 4.58. The lowest BCUT2D eigenvalue weighted by molar-refractivity contribution is 0.479. The van der Waals surface area contributed by atoms with Crippen molar-refractivity contribution >= 4 is 30.3 Å². The number of nitrogens with one attached hydrogen (secondary N) is 1. The zero-order valence-electron chi connectivity index (χ0n) is 10.0. The third kappa shape index (κ3) is 4.81. The molecule has 0 aliphatic rings. The molecule has 9 nitrogen and oxygen atoms in total. The van der Waals surface area contributed by atoms with Crippen LogP contribution in [0.4, 0.5) is 0 Å². The predicted octanol–water partition coefficient (Wildman–Crippen LogP) is -0.771. The van der Waals surface area contributed by atoms with Crippen LogP contribution in [-0.4, -0.2) is 40.6 Å². The molecule has 0 atom stereocenters. The van der Waals surface area contributed by atoms with E-state index in [-0.39, 0.29) is 5.56 Å². The zero-order chi connectivity index (χ0) is 15.8. The van der Waals surface area contributed by atoms with E-state index in [1.165, 1.54) is 0 Å². The Balaban J connectivity index is 3.40. The lowest BCUT2D eigenvalue weighted by Gasteiger charge is -2.09. The van der Waals surface area contributed by atoms with Crippen LogP contribution in [0.1, 0.15) is 5.56 Å². The first-order chi connectivity index (χ1) is 8.81. The fourth-order valence-corrected chi connectivity index (χ4v) is 3.04. The van der Waals surface area contributed by atoms with Crippen LogP contribution < -0.4 is 4.72 Å². The highest BCUT2D eigenvalue weighted by molar-refractivity contribution is 7.88. The van der Waals surface area contributed by atoms with Crippen molar-refractivity contribution in [3.63, 3.8) is 0 Å². The van der Waals surface area contributed by atoms with E-state index in [0.29, 0.717) is 6.07 Å². The van der Waals surface area contributed by atoms with Crippen LogP contribution in [0.2, 0.25) is 0 Å². The highest BCUT2D eigenvalue weighted by Gasteiger charge is 2.20. The van der Waals surface area contributed by atoms with Crippen molar-refractivity contribution in [3.05, 3.63) is 23.8 Å². The first-order valence-corrected chi connectivity index (χ1v) is 9.60. The summed E-state index contributed by atoms with van der Waals surface area (Å²) in [6.45, 7) is -0.473. The van der Waals surface area contributed by atoms with Crippen molar-refractivity contribution in [2.75, 3.05) is 6.26 Å². The van der Waals surface area contributed by atoms with Crippen molar-refractivity contribution in [1.29, 1.82) is 0 Å². The van der Waals surface area contributed by atoms with Crippen molar-refractivity contribution in [2.45, 2.75) is 16.3 Å². The molecule has 0 aromatic heterocycles. The van der Waals surface area contributed by atoms with Gasteiger partial charge in [-0.2, -0.15) is 16.8 Å². The van der Waals surface area contributed by atoms with Gasteiger partial charge in [0.1, 0.15) is 0 Å². The lowest BCUT2D eigenvalue weighted by Crippen LogP contribution is -2.22. The SMILES string of the molecule is CS(=O)(=O)NCc1ccc(S(=O)(=O)O)cc1S(=O)(=O)O. The quantitative estimate of drug-likeness (QED) is 0.587. The van der Waals surface area contributed by atoms with Gasteiger partial charge in [-0.15, -0.1) is 0 Å². The first kappa shape index (κ1) is 17.0. The maximum Gasteiger partial charge on any atom is 0.294 e. The minimum absolute atomic E-state index is 0.176. The summed E-state index contributed by atoms with van der Waals surface area (Å²) in [5.74, 6) is 0. The predicted molar refractivity (Wildman–Crippen MR) is 67.8 cm³/mol. The molecule has 1 aromatic carbocycles. The Bertz CT molecular complexity index is 822. The Hall–Kier alpha value is -1.05. The summed E-state index contributed by atoms with van der Waals surface area (Å²) < 4.78 is 85.8. The fourth-order valence-electron chi connectivity index (χ4n) is 1.29. The molecule has 0 spiro atoms. The molecule has 0 radical (unpaired) electrons. The van der Waals surface area contributed by atoms with Crippen molar-refractivity contribution in [2.24, 2.45) is 0 Å². The summed E-state index contributed by atoms with van der Waals surface area (Å²) in [4.78, 5) is -1.56. The van der Waals surface area contributed by atoms with Gasteiger partial charge < -0.3 is 0 Å². The van der Waals surface area contributed by atoms with Gasteiger partial charge in [-0.25, -0.2) is 13.1 Å². The van der Waals surface area contributed by atoms with E-state index in [2.05, 4.69) is 0 Å². The summed E-state index contributed by atoms with van der Waals surface area (Å²) in [6.07, 6.45) is 0.840. The van der Waals surface area contributed by atoms with E-state index in [1.807, 2.05) is 4.72 Å². The second kappa shape index (κ2) is 5.38. The normalized spacial score (nSPS) is 13.3. The number of hydrogen-bond acceptors (Lipinski definition) is 6. The van der Waals surface area contributed by atoms with E-state index in [9.17, 15) is 25.3 Å². The van der Waals surface area contributed by atoms with E-state index in [0.717, 1.165) is 18.4 Å². The molecule has 0 unspecified atom stereocenters. The molecule has 0 amide bonds. The van der Waals surface area contributed by atoms with Crippen LogP contribution in [-0.2, 0) is 36.8 Å². The molecule has 20 heavy (non-hydrogen) atoms. The highest BCUT2D eigenvalue weighted by Crippen LogP contribution is 2.20. The van der Waals surface area contributed by atoms with E-state index in [1.54, 1.807) is 0 Å². The van der Waals surface area contributed by atoms with Gasteiger partial charge >= 0.3 is 0 Å². The number of sulfonamides is 1. The van der Waals surface area contributed by atoms with Gasteiger partial charge in [-0.3, -0.25) is 9.11 Å². The second-order valence-corrected chi connectivity index (χ2v) is 8.46. The minimum atomic E-state index is -4.79. The topological polar surface area (TPSA) is 155 Å². The smallest absolute Gasteiger partial charge is 0.282 e. The van der Waals surface area contributed by atoms with E-state index >= 15 is 0 Å². The molecule has 0 fully saturated rings. The second-order valence-electron chi connectivity index (χ2n) is 3.81. The van der Waals surface area contributed by atoms with Crippen LogP contribution in [0.15, 0.2) is 28.0 Å². The summed E-state index contributed by atoms with van der Waals surface area (Å²) in [6, 6.07) is 2.37. The molecule has 3 N–H and O–H groups in total. The number of rotatable bonds is 5. The van der Waals surface area contributed by atoms with Gasteiger partial charge in [0.25, 0.3) is 20.2 Å². The Labute approximate surface area is 116 Å². The van der Waals surface area contributed by atoms with Crippen LogP contribution in [0.25, 0.3) is 0 Å². The van der Waals surface area contributed by atoms with Gasteiger partial charge in [0.05, 0.1) is 16.0 Å². The summed E-state index contributed by atoms with van der Waals surface area (Å²) in [5, 5.41) is 0. The summed E-state index contributed by atoms with van der Waals surface area (Å²) in [7, 11) is -13.1. The molecule has 1 aromatic rings. The molecule has 0 aliphatic heterocycles. The van der Waals surface area contributed by atoms with E-state index < -0.39 is 46.6 Å². The summed E-state index contributed by atoms with van der Waals surface area (Å²) in [5.41, 5.74) is -0.176. The third-order valence-electron chi connectivity index (χ3n) is 2.14. The average molecular weight is 345 g/mol. The molecule has 0 saturated heterocycles. The van der Waals surface area contributed by atoms with Crippen molar-refractivity contribution in [3.8, 4) is 0 Å². The van der Waals surface area contributed by atoms with Crippen LogP contribution in [0.3, 0.4) is 0 Å². The van der Waals surface area contributed by atoms with Gasteiger partial charge in [-0.05, 0) is 17.7 Å². The maximum absolute atomic E-state index is 11.2. The molecular weight excluding hydrogens is 334 g/mol. The Morgan fingerprint density at radius 1 is 1.00 bits per heavy atom. The van der Waals surface area contributed by atoms with Gasteiger partial charge in [0.2, 0.25) is 10.0 Å². The van der Waals surface area contributed by atoms with Crippen molar-refractivity contribution in [1.82, 2.24) is 4.72 Å². The lowest BCUT2D eigenvalue weighted by atomic mass is 10.2. The first-order valence-electron chi connectivity index (χ1n) is 4.83. The molecular formula is C8H11NO8S3. The van der Waals surface area contributed by atoms with Gasteiger partial charge in [-0.1, -0.05) is 6.07 Å². The maximum atomic E-state index is 11.2. The fraction of sp³-hybridized carbons (Fsp3) is 0.250.